The van der Waals surface area contributed by atoms with Crippen LogP contribution in [0.3, 0.4) is 0 Å². The summed E-state index contributed by atoms with van der Waals surface area (Å²) < 4.78 is 5.89. The summed E-state index contributed by atoms with van der Waals surface area (Å²) in [7, 11) is 0. The second-order valence-corrected chi connectivity index (χ2v) is 16.8. The van der Waals surface area contributed by atoms with Crippen LogP contribution in [-0.4, -0.2) is 46.9 Å². The van der Waals surface area contributed by atoms with Crippen molar-refractivity contribution in [3.8, 4) is 0 Å². The third-order valence-electron chi connectivity index (χ3n) is 11.0. The zero-order valence-electron chi connectivity index (χ0n) is 39.8. The molecule has 1 amide bonds. The molecule has 6 heteroatoms. The van der Waals surface area contributed by atoms with Crippen molar-refractivity contribution in [1.82, 2.24) is 5.32 Å². The lowest BCUT2D eigenvalue weighted by Gasteiger charge is -2.24. The van der Waals surface area contributed by atoms with E-state index in [4.69, 9.17) is 4.74 Å². The molecule has 0 heterocycles. The number of aliphatic hydroxyl groups excluding tert-OH is 2. The van der Waals surface area contributed by atoms with Crippen LogP contribution in [0.2, 0.25) is 0 Å². The van der Waals surface area contributed by atoms with E-state index in [2.05, 4.69) is 111 Å². The van der Waals surface area contributed by atoms with Crippen molar-refractivity contribution < 1.29 is 24.5 Å². The Bertz CT molecular complexity index is 1180. The molecule has 3 atom stereocenters. The molecule has 3 N–H and O–H groups in total. The third-order valence-corrected chi connectivity index (χ3v) is 11.0. The summed E-state index contributed by atoms with van der Waals surface area (Å²) in [6, 6.07) is -0.723. The second kappa shape index (κ2) is 48.1. The summed E-state index contributed by atoms with van der Waals surface area (Å²) in [5, 5.41) is 23.7. The third kappa shape index (κ3) is 43.5. The lowest BCUT2D eigenvalue weighted by Crippen LogP contribution is -2.46. The molecule has 0 radical (unpaired) electrons. The summed E-state index contributed by atoms with van der Waals surface area (Å²) in [6.07, 6.45) is 62.1. The fraction of sp³-hybridized carbons (Fsp3) is 0.709. The van der Waals surface area contributed by atoms with Crippen LogP contribution in [0, 0.1) is 0 Å². The first-order valence-corrected chi connectivity index (χ1v) is 25.3. The van der Waals surface area contributed by atoms with E-state index in [1.165, 1.54) is 77.0 Å². The Labute approximate surface area is 376 Å². The molecule has 0 fully saturated rings. The Kier molecular flexibility index (Phi) is 45.7. The van der Waals surface area contributed by atoms with E-state index >= 15 is 0 Å². The number of esters is 1. The van der Waals surface area contributed by atoms with Gasteiger partial charge >= 0.3 is 5.97 Å². The van der Waals surface area contributed by atoms with Crippen molar-refractivity contribution in [2.24, 2.45) is 0 Å². The monoisotopic (exact) mass is 850 g/mol. The summed E-state index contributed by atoms with van der Waals surface area (Å²) >= 11 is 0. The van der Waals surface area contributed by atoms with Gasteiger partial charge in [-0.15, -0.1) is 0 Å². The van der Waals surface area contributed by atoms with E-state index in [9.17, 15) is 19.8 Å². The number of aliphatic hydroxyl groups is 2. The van der Waals surface area contributed by atoms with Crippen LogP contribution in [0.4, 0.5) is 0 Å². The number of allylic oxidation sites excluding steroid dienone is 14. The van der Waals surface area contributed by atoms with Crippen LogP contribution in [-0.2, 0) is 14.3 Å². The van der Waals surface area contributed by atoms with E-state index in [0.29, 0.717) is 25.7 Å². The van der Waals surface area contributed by atoms with Crippen molar-refractivity contribution in [2.75, 3.05) is 6.61 Å². The van der Waals surface area contributed by atoms with Gasteiger partial charge in [0.1, 0.15) is 6.10 Å². The highest BCUT2D eigenvalue weighted by atomic mass is 16.5. The van der Waals surface area contributed by atoms with Gasteiger partial charge in [0.25, 0.3) is 0 Å². The first kappa shape index (κ1) is 58.0. The van der Waals surface area contributed by atoms with Crippen LogP contribution in [0.1, 0.15) is 226 Å². The minimum Gasteiger partial charge on any atom is -0.462 e. The summed E-state index contributed by atoms with van der Waals surface area (Å²) in [5.74, 6) is -0.568. The topological polar surface area (TPSA) is 95.9 Å². The van der Waals surface area contributed by atoms with Gasteiger partial charge in [-0.1, -0.05) is 202 Å². The Balaban J connectivity index is 4.73. The summed E-state index contributed by atoms with van der Waals surface area (Å²) in [5.41, 5.74) is 0. The zero-order chi connectivity index (χ0) is 44.5. The Morgan fingerprint density at radius 2 is 0.885 bits per heavy atom. The molecule has 0 aromatic heterocycles. The normalized spacial score (nSPS) is 14.0. The van der Waals surface area contributed by atoms with Crippen LogP contribution < -0.4 is 5.32 Å². The van der Waals surface area contributed by atoms with Gasteiger partial charge in [-0.05, 0) is 96.3 Å². The van der Waals surface area contributed by atoms with Crippen LogP contribution in [0.5, 0.6) is 0 Å². The first-order valence-electron chi connectivity index (χ1n) is 25.3. The second-order valence-electron chi connectivity index (χ2n) is 16.8. The number of rotatable bonds is 44. The fourth-order valence-electron chi connectivity index (χ4n) is 7.14. The van der Waals surface area contributed by atoms with Crippen molar-refractivity contribution >= 4 is 11.9 Å². The van der Waals surface area contributed by atoms with E-state index in [-0.39, 0.29) is 24.9 Å². The molecule has 0 aromatic rings. The molecule has 0 aliphatic rings. The first-order chi connectivity index (χ1) is 30.0. The predicted molar refractivity (Wildman–Crippen MR) is 264 cm³/mol. The lowest BCUT2D eigenvalue weighted by atomic mass is 10.0. The number of carbonyl (C=O) groups is 2. The molecule has 61 heavy (non-hydrogen) atoms. The quantitative estimate of drug-likeness (QED) is 0.0322. The maximum atomic E-state index is 13.2. The SMILES string of the molecule is CC/C=C/C/C=C/C/C=C/CCCCCCC(CC(=O)NC(CO)C(O)CCCCCCCCCCCCC)OC(=O)CCC/C=C\C/C=C\C/C=C\C/C=C\CCCCC. The predicted octanol–water partition coefficient (Wildman–Crippen LogP) is 15.2. The molecule has 0 saturated carbocycles. The Hall–Kier alpha value is -2.96. The molecule has 0 spiro atoms. The van der Waals surface area contributed by atoms with Gasteiger partial charge in [0.15, 0.2) is 0 Å². The lowest BCUT2D eigenvalue weighted by molar-refractivity contribution is -0.151. The summed E-state index contributed by atoms with van der Waals surface area (Å²) in [4.78, 5) is 26.1. The highest BCUT2D eigenvalue weighted by Crippen LogP contribution is 2.17. The van der Waals surface area contributed by atoms with Crippen LogP contribution in [0.15, 0.2) is 85.1 Å². The number of carbonyl (C=O) groups excluding carboxylic acids is 2. The molecular formula is C55H95NO5. The smallest absolute Gasteiger partial charge is 0.306 e. The molecule has 0 bridgehead atoms. The summed E-state index contributed by atoms with van der Waals surface area (Å²) in [6.45, 7) is 6.31. The average molecular weight is 850 g/mol. The van der Waals surface area contributed by atoms with Gasteiger partial charge in [0.2, 0.25) is 5.91 Å². The molecule has 0 aromatic carbocycles. The highest BCUT2D eigenvalue weighted by Gasteiger charge is 2.24. The van der Waals surface area contributed by atoms with E-state index in [1.807, 2.05) is 0 Å². The van der Waals surface area contributed by atoms with Gasteiger partial charge in [0.05, 0.1) is 25.2 Å². The molecule has 0 aliphatic carbocycles. The van der Waals surface area contributed by atoms with E-state index < -0.39 is 18.2 Å². The molecule has 350 valence electrons. The fourth-order valence-corrected chi connectivity index (χ4v) is 7.14. The Morgan fingerprint density at radius 3 is 1.38 bits per heavy atom. The van der Waals surface area contributed by atoms with Gasteiger partial charge in [0, 0.05) is 6.42 Å². The molecule has 0 saturated heterocycles. The zero-order valence-corrected chi connectivity index (χ0v) is 39.8. The molecule has 6 nitrogen and oxygen atoms in total. The van der Waals surface area contributed by atoms with Gasteiger partial charge in [-0.2, -0.15) is 0 Å². The molecule has 3 unspecified atom stereocenters. The molecule has 0 aliphatic heterocycles. The number of amides is 1. The van der Waals surface area contributed by atoms with Crippen LogP contribution >= 0.6 is 0 Å². The molecular weight excluding hydrogens is 755 g/mol. The van der Waals surface area contributed by atoms with Crippen LogP contribution in [0.25, 0.3) is 0 Å². The molecule has 0 rings (SSSR count). The minimum atomic E-state index is -0.806. The van der Waals surface area contributed by atoms with Gasteiger partial charge in [-0.3, -0.25) is 9.59 Å². The number of ether oxygens (including phenoxy) is 1. The van der Waals surface area contributed by atoms with Gasteiger partial charge < -0.3 is 20.3 Å². The van der Waals surface area contributed by atoms with Gasteiger partial charge in [-0.25, -0.2) is 0 Å². The average Bonchev–Trinajstić information content (AvgIpc) is 3.25. The van der Waals surface area contributed by atoms with Crippen molar-refractivity contribution in [3.63, 3.8) is 0 Å². The maximum Gasteiger partial charge on any atom is 0.306 e. The highest BCUT2D eigenvalue weighted by molar-refractivity contribution is 5.77. The standard InChI is InChI=1S/C55H95NO5/c1-4-7-10-13-16-19-22-24-26-27-28-30-33-36-39-42-45-48-55(60)61-51(46-43-40-37-34-32-29-25-23-20-17-14-11-8-5-2)49-54(59)56-52(50-57)53(58)47-44-41-38-35-31-21-18-15-12-9-6-3/h8,11,16-17,19-20,24-26,28-30,36,39,51-53,57-58H,4-7,9-10,12-15,18,21-23,27,31-35,37-38,40-50H2,1-3H3,(H,56,59)/b11-8+,19-16-,20-17+,26-24-,29-25+,30-28-,39-36-. The minimum absolute atomic E-state index is 0.0368. The number of hydrogen-bond donors (Lipinski definition) is 3. The number of nitrogens with one attached hydrogen (secondary N) is 1. The van der Waals surface area contributed by atoms with Crippen molar-refractivity contribution in [3.05, 3.63) is 85.1 Å². The number of hydrogen-bond acceptors (Lipinski definition) is 5. The largest absolute Gasteiger partial charge is 0.462 e. The van der Waals surface area contributed by atoms with E-state index in [0.717, 1.165) is 96.3 Å². The Morgan fingerprint density at radius 1 is 0.492 bits per heavy atom. The van der Waals surface area contributed by atoms with Crippen molar-refractivity contribution in [1.29, 1.82) is 0 Å². The van der Waals surface area contributed by atoms with Crippen molar-refractivity contribution in [2.45, 2.75) is 244 Å². The number of unbranched alkanes of at least 4 members (excludes halogenated alkanes) is 18. The van der Waals surface area contributed by atoms with E-state index in [1.54, 1.807) is 0 Å². The maximum absolute atomic E-state index is 13.2.